The predicted octanol–water partition coefficient (Wildman–Crippen LogP) is 4.01. The van der Waals surface area contributed by atoms with Gasteiger partial charge in [0.2, 0.25) is 0 Å². The third-order valence-corrected chi connectivity index (χ3v) is 4.26. The molecule has 114 valence electrons. The highest BCUT2D eigenvalue weighted by Crippen LogP contribution is 2.20. The van der Waals surface area contributed by atoms with Crippen molar-refractivity contribution in [1.29, 1.82) is 0 Å². The summed E-state index contributed by atoms with van der Waals surface area (Å²) < 4.78 is 0. The summed E-state index contributed by atoms with van der Waals surface area (Å²) >= 11 is 0. The summed E-state index contributed by atoms with van der Waals surface area (Å²) in [5, 5.41) is 3.31. The van der Waals surface area contributed by atoms with Crippen molar-refractivity contribution < 1.29 is 0 Å². The van der Waals surface area contributed by atoms with Crippen LogP contribution >= 0.6 is 0 Å². The van der Waals surface area contributed by atoms with Gasteiger partial charge < -0.3 is 10.2 Å². The summed E-state index contributed by atoms with van der Waals surface area (Å²) in [6.07, 6.45) is 5.58. The van der Waals surface area contributed by atoms with E-state index in [0.717, 1.165) is 31.1 Å². The molecule has 1 unspecified atom stereocenters. The normalized spacial score (nSPS) is 12.7. The SMILES string of the molecule is CCC(CC)CN(CC)c1ccc(C(CC)NC)nc1. The van der Waals surface area contributed by atoms with E-state index in [1.54, 1.807) is 0 Å². The molecule has 0 saturated carbocycles. The number of hydrogen-bond acceptors (Lipinski definition) is 3. The molecule has 0 aliphatic heterocycles. The topological polar surface area (TPSA) is 28.2 Å². The van der Waals surface area contributed by atoms with E-state index in [-0.39, 0.29) is 0 Å². The molecule has 0 aliphatic rings. The molecule has 0 amide bonds. The van der Waals surface area contributed by atoms with Crippen molar-refractivity contribution in [3.05, 3.63) is 24.0 Å². The molecule has 1 rings (SSSR count). The first-order valence-corrected chi connectivity index (χ1v) is 8.08. The van der Waals surface area contributed by atoms with Gasteiger partial charge in [-0.2, -0.15) is 0 Å². The van der Waals surface area contributed by atoms with Crippen LogP contribution in [-0.2, 0) is 0 Å². The number of anilines is 1. The van der Waals surface area contributed by atoms with E-state index >= 15 is 0 Å². The maximum atomic E-state index is 4.64. The summed E-state index contributed by atoms with van der Waals surface area (Å²) in [6.45, 7) is 11.1. The van der Waals surface area contributed by atoms with Crippen molar-refractivity contribution in [3.63, 3.8) is 0 Å². The Balaban J connectivity index is 2.78. The number of nitrogens with zero attached hydrogens (tertiary/aromatic N) is 2. The monoisotopic (exact) mass is 277 g/mol. The molecule has 0 spiro atoms. The predicted molar refractivity (Wildman–Crippen MR) is 88.3 cm³/mol. The zero-order chi connectivity index (χ0) is 15.0. The molecule has 20 heavy (non-hydrogen) atoms. The fraction of sp³-hybridized carbons (Fsp3) is 0.706. The molecule has 1 aromatic rings. The van der Waals surface area contributed by atoms with E-state index in [4.69, 9.17) is 0 Å². The largest absolute Gasteiger partial charge is 0.370 e. The van der Waals surface area contributed by atoms with Crippen molar-refractivity contribution >= 4 is 5.69 Å². The van der Waals surface area contributed by atoms with Crippen molar-refractivity contribution in [3.8, 4) is 0 Å². The minimum absolute atomic E-state index is 0.359. The standard InChI is InChI=1S/C17H31N3/c1-6-14(7-2)13-20(9-4)15-10-11-17(19-12-15)16(8-3)18-5/h10-12,14,16,18H,6-9,13H2,1-5H3. The van der Waals surface area contributed by atoms with Crippen LogP contribution < -0.4 is 10.2 Å². The van der Waals surface area contributed by atoms with Crippen LogP contribution in [0.3, 0.4) is 0 Å². The second-order valence-corrected chi connectivity index (χ2v) is 5.41. The maximum Gasteiger partial charge on any atom is 0.0574 e. The summed E-state index contributed by atoms with van der Waals surface area (Å²) in [6, 6.07) is 4.74. The molecule has 0 saturated heterocycles. The molecule has 1 atom stereocenters. The van der Waals surface area contributed by atoms with Gasteiger partial charge in [0, 0.05) is 19.1 Å². The van der Waals surface area contributed by atoms with Crippen molar-refractivity contribution in [2.45, 2.75) is 53.0 Å². The lowest BCUT2D eigenvalue weighted by molar-refractivity contribution is 0.485. The minimum atomic E-state index is 0.359. The highest BCUT2D eigenvalue weighted by atomic mass is 15.1. The molecular weight excluding hydrogens is 246 g/mol. The Morgan fingerprint density at radius 2 is 1.80 bits per heavy atom. The van der Waals surface area contributed by atoms with E-state index in [1.165, 1.54) is 18.5 Å². The van der Waals surface area contributed by atoms with Gasteiger partial charge >= 0.3 is 0 Å². The van der Waals surface area contributed by atoms with Crippen LogP contribution in [0.1, 0.15) is 58.7 Å². The van der Waals surface area contributed by atoms with E-state index in [0.29, 0.717) is 6.04 Å². The van der Waals surface area contributed by atoms with E-state index in [1.807, 2.05) is 13.2 Å². The summed E-state index contributed by atoms with van der Waals surface area (Å²) in [5.41, 5.74) is 2.38. The van der Waals surface area contributed by atoms with Gasteiger partial charge in [-0.3, -0.25) is 4.98 Å². The Kier molecular flexibility index (Phi) is 7.60. The first kappa shape index (κ1) is 17.0. The van der Waals surface area contributed by atoms with Gasteiger partial charge in [0.05, 0.1) is 17.6 Å². The van der Waals surface area contributed by atoms with Gasteiger partial charge in [0.25, 0.3) is 0 Å². The van der Waals surface area contributed by atoms with Crippen LogP contribution in [0.4, 0.5) is 5.69 Å². The van der Waals surface area contributed by atoms with Gasteiger partial charge in [-0.25, -0.2) is 0 Å². The van der Waals surface area contributed by atoms with E-state index in [2.05, 4.69) is 55.0 Å². The Bertz CT molecular complexity index is 353. The summed E-state index contributed by atoms with van der Waals surface area (Å²) in [4.78, 5) is 7.08. The van der Waals surface area contributed by atoms with Crippen LogP contribution in [0, 0.1) is 5.92 Å². The van der Waals surface area contributed by atoms with Crippen molar-refractivity contribution in [1.82, 2.24) is 10.3 Å². The van der Waals surface area contributed by atoms with Gasteiger partial charge in [-0.15, -0.1) is 0 Å². The Morgan fingerprint density at radius 1 is 1.10 bits per heavy atom. The minimum Gasteiger partial charge on any atom is -0.370 e. The lowest BCUT2D eigenvalue weighted by Crippen LogP contribution is -2.29. The number of aromatic nitrogens is 1. The fourth-order valence-corrected chi connectivity index (χ4v) is 2.63. The number of rotatable bonds is 9. The van der Waals surface area contributed by atoms with Crippen LogP contribution in [0.2, 0.25) is 0 Å². The Morgan fingerprint density at radius 3 is 2.20 bits per heavy atom. The quantitative estimate of drug-likeness (QED) is 0.739. The second kappa shape index (κ2) is 8.96. The second-order valence-electron chi connectivity index (χ2n) is 5.41. The van der Waals surface area contributed by atoms with Gasteiger partial charge in [-0.05, 0) is 38.4 Å². The van der Waals surface area contributed by atoms with Gasteiger partial charge in [-0.1, -0.05) is 33.6 Å². The molecule has 0 bridgehead atoms. The zero-order valence-corrected chi connectivity index (χ0v) is 13.8. The molecule has 3 nitrogen and oxygen atoms in total. The fourth-order valence-electron chi connectivity index (χ4n) is 2.63. The molecule has 0 radical (unpaired) electrons. The molecule has 0 fully saturated rings. The molecule has 1 N–H and O–H groups in total. The first-order chi connectivity index (χ1) is 9.69. The Labute approximate surface area is 124 Å². The average Bonchev–Trinajstić information content (AvgIpc) is 2.51. The number of nitrogens with one attached hydrogen (secondary N) is 1. The maximum absolute atomic E-state index is 4.64. The molecule has 0 aliphatic carbocycles. The Hall–Kier alpha value is -1.09. The lowest BCUT2D eigenvalue weighted by atomic mass is 10.0. The highest BCUT2D eigenvalue weighted by Gasteiger charge is 2.12. The van der Waals surface area contributed by atoms with Gasteiger partial charge in [0.15, 0.2) is 0 Å². The molecule has 0 aromatic carbocycles. The molecule has 1 aromatic heterocycles. The number of hydrogen-bond donors (Lipinski definition) is 1. The van der Waals surface area contributed by atoms with E-state index < -0.39 is 0 Å². The first-order valence-electron chi connectivity index (χ1n) is 8.08. The average molecular weight is 277 g/mol. The van der Waals surface area contributed by atoms with Crippen molar-refractivity contribution in [2.75, 3.05) is 25.0 Å². The lowest BCUT2D eigenvalue weighted by Gasteiger charge is -2.27. The van der Waals surface area contributed by atoms with Crippen LogP contribution in [-0.4, -0.2) is 25.1 Å². The highest BCUT2D eigenvalue weighted by molar-refractivity contribution is 5.44. The smallest absolute Gasteiger partial charge is 0.0574 e. The van der Waals surface area contributed by atoms with E-state index in [9.17, 15) is 0 Å². The van der Waals surface area contributed by atoms with Crippen LogP contribution in [0.5, 0.6) is 0 Å². The van der Waals surface area contributed by atoms with Crippen LogP contribution in [0.15, 0.2) is 18.3 Å². The molecule has 1 heterocycles. The van der Waals surface area contributed by atoms with Gasteiger partial charge in [0.1, 0.15) is 0 Å². The molecule has 3 heteroatoms. The van der Waals surface area contributed by atoms with Crippen molar-refractivity contribution in [2.24, 2.45) is 5.92 Å². The third kappa shape index (κ3) is 4.48. The summed E-state index contributed by atoms with van der Waals surface area (Å²) in [5.74, 6) is 0.773. The van der Waals surface area contributed by atoms with Crippen LogP contribution in [0.25, 0.3) is 0 Å². The summed E-state index contributed by atoms with van der Waals surface area (Å²) in [7, 11) is 2.00. The third-order valence-electron chi connectivity index (χ3n) is 4.26. The number of pyridine rings is 1. The zero-order valence-electron chi connectivity index (χ0n) is 13.8. The molecular formula is C17H31N3.